The molecule has 0 saturated carbocycles. The van der Waals surface area contributed by atoms with E-state index in [0.29, 0.717) is 9.26 Å². The highest BCUT2D eigenvalue weighted by molar-refractivity contribution is 14.1. The molecule has 0 radical (unpaired) electrons. The van der Waals surface area contributed by atoms with E-state index < -0.39 is 6.43 Å². The summed E-state index contributed by atoms with van der Waals surface area (Å²) in [5, 5.41) is 0. The monoisotopic (exact) mass is 314 g/mol. The number of pyridine rings is 1. The molecule has 0 aliphatic rings. The van der Waals surface area contributed by atoms with Gasteiger partial charge in [-0.2, -0.15) is 0 Å². The lowest BCUT2D eigenvalue weighted by Gasteiger charge is -2.10. The van der Waals surface area contributed by atoms with Crippen LogP contribution < -0.4 is 10.5 Å². The molecular weight excluding hydrogens is 305 g/mol. The van der Waals surface area contributed by atoms with Crippen LogP contribution in [0.25, 0.3) is 0 Å². The number of alkyl halides is 2. The molecule has 2 N–H and O–H groups in total. The summed E-state index contributed by atoms with van der Waals surface area (Å²) in [7, 11) is 1.34. The van der Waals surface area contributed by atoms with Crippen LogP contribution in [0.4, 0.5) is 8.78 Å². The molecule has 0 fully saturated rings. The van der Waals surface area contributed by atoms with Crippen LogP contribution >= 0.6 is 22.6 Å². The average Bonchev–Trinajstić information content (AvgIpc) is 2.16. The fourth-order valence-electron chi connectivity index (χ4n) is 1.03. The van der Waals surface area contributed by atoms with Gasteiger partial charge in [-0.1, -0.05) is 0 Å². The van der Waals surface area contributed by atoms with Gasteiger partial charge < -0.3 is 10.5 Å². The second-order valence-corrected chi connectivity index (χ2v) is 3.68. The Morgan fingerprint density at radius 3 is 2.71 bits per heavy atom. The summed E-state index contributed by atoms with van der Waals surface area (Å²) in [4.78, 5) is 3.72. The van der Waals surface area contributed by atoms with Crippen molar-refractivity contribution in [1.82, 2.24) is 4.98 Å². The number of methoxy groups -OCH3 is 1. The van der Waals surface area contributed by atoms with Gasteiger partial charge in [-0.3, -0.25) is 0 Å². The third-order valence-electron chi connectivity index (χ3n) is 1.63. The molecule has 1 aromatic heterocycles. The van der Waals surface area contributed by atoms with Gasteiger partial charge in [0.1, 0.15) is 5.69 Å². The zero-order chi connectivity index (χ0) is 10.7. The van der Waals surface area contributed by atoms with Gasteiger partial charge in [-0.25, -0.2) is 13.8 Å². The van der Waals surface area contributed by atoms with Gasteiger partial charge in [0.15, 0.2) is 5.75 Å². The number of hydrogen-bond acceptors (Lipinski definition) is 3. The van der Waals surface area contributed by atoms with Crippen molar-refractivity contribution in [3.63, 3.8) is 0 Å². The number of ether oxygens (including phenoxy) is 1. The Morgan fingerprint density at radius 1 is 1.64 bits per heavy atom. The maximum absolute atomic E-state index is 12.5. The maximum Gasteiger partial charge on any atom is 0.284 e. The van der Waals surface area contributed by atoms with Gasteiger partial charge in [0.05, 0.1) is 16.4 Å². The Kier molecular flexibility index (Phi) is 3.99. The first-order valence-electron chi connectivity index (χ1n) is 3.81. The minimum absolute atomic E-state index is 0.123. The van der Waals surface area contributed by atoms with Crippen LogP contribution in [-0.2, 0) is 6.54 Å². The van der Waals surface area contributed by atoms with Crippen LogP contribution in [0.1, 0.15) is 17.8 Å². The van der Waals surface area contributed by atoms with Crippen LogP contribution in [-0.4, -0.2) is 12.1 Å². The Balaban J connectivity index is 3.28. The highest BCUT2D eigenvalue weighted by Crippen LogP contribution is 2.31. The molecule has 6 heteroatoms. The van der Waals surface area contributed by atoms with Crippen LogP contribution in [0, 0.1) is 3.57 Å². The number of rotatable bonds is 3. The normalized spacial score (nSPS) is 10.7. The molecule has 0 aromatic carbocycles. The zero-order valence-electron chi connectivity index (χ0n) is 7.43. The van der Waals surface area contributed by atoms with Gasteiger partial charge in [0.25, 0.3) is 6.43 Å². The predicted octanol–water partition coefficient (Wildman–Crippen LogP) is 2.09. The minimum Gasteiger partial charge on any atom is -0.493 e. The van der Waals surface area contributed by atoms with Crippen molar-refractivity contribution in [2.45, 2.75) is 13.0 Å². The topological polar surface area (TPSA) is 48.1 Å². The Labute approximate surface area is 93.8 Å². The smallest absolute Gasteiger partial charge is 0.284 e. The molecule has 0 aliphatic heterocycles. The first-order chi connectivity index (χ1) is 6.60. The van der Waals surface area contributed by atoms with Crippen molar-refractivity contribution in [3.05, 3.63) is 21.0 Å². The van der Waals surface area contributed by atoms with Crippen LogP contribution in [0.15, 0.2) is 6.07 Å². The molecule has 0 spiro atoms. The Morgan fingerprint density at radius 2 is 2.29 bits per heavy atom. The van der Waals surface area contributed by atoms with Crippen molar-refractivity contribution < 1.29 is 13.5 Å². The Bertz CT molecular complexity index is 333. The summed E-state index contributed by atoms with van der Waals surface area (Å²) in [6.07, 6.45) is -2.65. The van der Waals surface area contributed by atoms with E-state index in [1.54, 1.807) is 6.07 Å². The molecule has 0 amide bonds. The number of nitrogens with zero attached hydrogens (tertiary/aromatic N) is 1. The van der Waals surface area contributed by atoms with Crippen molar-refractivity contribution in [2.75, 3.05) is 7.11 Å². The van der Waals surface area contributed by atoms with Gasteiger partial charge in [0.2, 0.25) is 0 Å². The molecule has 0 unspecified atom stereocenters. The second-order valence-electron chi connectivity index (χ2n) is 2.52. The van der Waals surface area contributed by atoms with E-state index in [4.69, 9.17) is 10.5 Å². The number of aromatic nitrogens is 1. The largest absolute Gasteiger partial charge is 0.493 e. The number of hydrogen-bond donors (Lipinski definition) is 1. The summed E-state index contributed by atoms with van der Waals surface area (Å²) in [5.41, 5.74) is 5.42. The fourth-order valence-corrected chi connectivity index (χ4v) is 1.88. The van der Waals surface area contributed by atoms with Crippen LogP contribution in [0.5, 0.6) is 5.75 Å². The molecule has 0 atom stereocenters. The third-order valence-corrected chi connectivity index (χ3v) is 2.43. The van der Waals surface area contributed by atoms with Crippen molar-refractivity contribution in [3.8, 4) is 5.75 Å². The molecule has 1 rings (SSSR count). The summed E-state index contributed by atoms with van der Waals surface area (Å²) < 4.78 is 30.5. The highest BCUT2D eigenvalue weighted by Gasteiger charge is 2.19. The number of nitrogens with two attached hydrogens (primary N) is 1. The first kappa shape index (κ1) is 11.6. The molecule has 0 bridgehead atoms. The molecule has 1 aromatic rings. The predicted molar refractivity (Wildman–Crippen MR) is 56.4 cm³/mol. The van der Waals surface area contributed by atoms with Gasteiger partial charge in [0, 0.05) is 6.54 Å². The van der Waals surface area contributed by atoms with E-state index in [9.17, 15) is 8.78 Å². The van der Waals surface area contributed by atoms with E-state index in [1.807, 2.05) is 22.6 Å². The quantitative estimate of drug-likeness (QED) is 0.869. The maximum atomic E-state index is 12.5. The second kappa shape index (κ2) is 4.83. The minimum atomic E-state index is -2.65. The third kappa shape index (κ3) is 2.30. The molecule has 0 aliphatic carbocycles. The van der Waals surface area contributed by atoms with E-state index in [0.717, 1.165) is 0 Å². The first-order valence-corrected chi connectivity index (χ1v) is 4.89. The van der Waals surface area contributed by atoms with E-state index >= 15 is 0 Å². The molecular formula is C8H9F2IN2O. The van der Waals surface area contributed by atoms with Crippen LogP contribution in [0.2, 0.25) is 0 Å². The van der Waals surface area contributed by atoms with Gasteiger partial charge >= 0.3 is 0 Å². The SMILES string of the molecule is COc1c(I)cc(CN)nc1C(F)F. The fraction of sp³-hybridized carbons (Fsp3) is 0.375. The molecule has 1 heterocycles. The lowest BCUT2D eigenvalue weighted by molar-refractivity contribution is 0.141. The van der Waals surface area contributed by atoms with Crippen LogP contribution in [0.3, 0.4) is 0 Å². The Hall–Kier alpha value is -0.500. The molecule has 3 nitrogen and oxygen atoms in total. The summed E-state index contributed by atoms with van der Waals surface area (Å²) in [6.45, 7) is 0.139. The lowest BCUT2D eigenvalue weighted by atomic mass is 10.3. The van der Waals surface area contributed by atoms with E-state index in [1.165, 1.54) is 7.11 Å². The van der Waals surface area contributed by atoms with E-state index in [2.05, 4.69) is 4.98 Å². The van der Waals surface area contributed by atoms with Gasteiger partial charge in [-0.15, -0.1) is 0 Å². The van der Waals surface area contributed by atoms with Crippen molar-refractivity contribution in [1.29, 1.82) is 0 Å². The van der Waals surface area contributed by atoms with Crippen molar-refractivity contribution in [2.24, 2.45) is 5.73 Å². The van der Waals surface area contributed by atoms with Crippen molar-refractivity contribution >= 4 is 22.6 Å². The van der Waals surface area contributed by atoms with E-state index in [-0.39, 0.29) is 18.0 Å². The summed E-state index contributed by atoms with van der Waals surface area (Å²) in [6, 6.07) is 1.63. The standard InChI is InChI=1S/C8H9F2IN2O/c1-14-7-5(11)2-4(3-12)13-6(7)8(9)10/h2,8H,3,12H2,1H3. The summed E-state index contributed by atoms with van der Waals surface area (Å²) in [5.74, 6) is 0.123. The number of halogens is 3. The van der Waals surface area contributed by atoms with Gasteiger partial charge in [-0.05, 0) is 28.7 Å². The lowest BCUT2D eigenvalue weighted by Crippen LogP contribution is -2.06. The molecule has 0 saturated heterocycles. The molecule has 78 valence electrons. The average molecular weight is 314 g/mol. The summed E-state index contributed by atoms with van der Waals surface area (Å²) >= 11 is 1.91. The highest BCUT2D eigenvalue weighted by atomic mass is 127. The molecule has 14 heavy (non-hydrogen) atoms. The zero-order valence-corrected chi connectivity index (χ0v) is 9.59.